The van der Waals surface area contributed by atoms with E-state index in [1.807, 2.05) is 0 Å². The van der Waals surface area contributed by atoms with Crippen LogP contribution in [-0.4, -0.2) is 18.8 Å². The van der Waals surface area contributed by atoms with Crippen molar-refractivity contribution in [2.75, 3.05) is 6.61 Å². The van der Waals surface area contributed by atoms with Gasteiger partial charge in [-0.25, -0.2) is 8.78 Å². The van der Waals surface area contributed by atoms with Crippen molar-refractivity contribution in [1.29, 1.82) is 0 Å². The standard InChI is InChI=1S/C29H40F4O2/c1-2-34-25-15-11-23(12-16-25)22-9-5-20(6-10-22)3-4-21-7-13-24(14-8-21)29(32,33)35-26-17-18-27(30)28(31)19-26/h3-4,17-25H,2,5-16H2,1H3/b4-3+. The van der Waals surface area contributed by atoms with Gasteiger partial charge in [-0.05, 0) is 120 Å². The highest BCUT2D eigenvalue weighted by molar-refractivity contribution is 5.24. The van der Waals surface area contributed by atoms with Crippen molar-refractivity contribution in [1.82, 2.24) is 0 Å². The summed E-state index contributed by atoms with van der Waals surface area (Å²) in [7, 11) is 0. The van der Waals surface area contributed by atoms with Crippen LogP contribution in [0.3, 0.4) is 0 Å². The van der Waals surface area contributed by atoms with Gasteiger partial charge in [-0.15, -0.1) is 0 Å². The summed E-state index contributed by atoms with van der Waals surface area (Å²) < 4.78 is 66.2. The molecule has 0 radical (unpaired) electrons. The normalized spacial score (nSPS) is 32.6. The van der Waals surface area contributed by atoms with Gasteiger partial charge in [0.2, 0.25) is 0 Å². The van der Waals surface area contributed by atoms with Gasteiger partial charge < -0.3 is 9.47 Å². The number of alkyl halides is 2. The van der Waals surface area contributed by atoms with E-state index < -0.39 is 23.7 Å². The Hall–Kier alpha value is -1.56. The van der Waals surface area contributed by atoms with Crippen molar-refractivity contribution in [2.24, 2.45) is 29.6 Å². The summed E-state index contributed by atoms with van der Waals surface area (Å²) in [6.07, 6.45) is 14.0. The van der Waals surface area contributed by atoms with E-state index in [0.717, 1.165) is 30.6 Å². The van der Waals surface area contributed by atoms with E-state index in [9.17, 15) is 17.6 Å². The molecule has 0 N–H and O–H groups in total. The van der Waals surface area contributed by atoms with E-state index in [1.54, 1.807) is 0 Å². The third kappa shape index (κ3) is 7.24. The fourth-order valence-corrected chi connectivity index (χ4v) is 6.51. The van der Waals surface area contributed by atoms with Crippen LogP contribution in [0.15, 0.2) is 30.4 Å². The van der Waals surface area contributed by atoms with Crippen molar-refractivity contribution >= 4 is 0 Å². The summed E-state index contributed by atoms with van der Waals surface area (Å²) >= 11 is 0. The van der Waals surface area contributed by atoms with Crippen LogP contribution >= 0.6 is 0 Å². The molecule has 3 saturated carbocycles. The quantitative estimate of drug-likeness (QED) is 0.265. The van der Waals surface area contributed by atoms with Crippen molar-refractivity contribution in [3.05, 3.63) is 42.0 Å². The van der Waals surface area contributed by atoms with Gasteiger partial charge in [0.15, 0.2) is 11.6 Å². The molecule has 3 aliphatic carbocycles. The van der Waals surface area contributed by atoms with Crippen LogP contribution < -0.4 is 4.74 Å². The molecule has 0 amide bonds. The molecular weight excluding hydrogens is 456 g/mol. The van der Waals surface area contributed by atoms with Crippen LogP contribution in [0.1, 0.15) is 84.0 Å². The molecule has 35 heavy (non-hydrogen) atoms. The molecule has 0 spiro atoms. The highest BCUT2D eigenvalue weighted by atomic mass is 19.3. The van der Waals surface area contributed by atoms with E-state index in [4.69, 9.17) is 9.47 Å². The first-order valence-electron chi connectivity index (χ1n) is 13.7. The zero-order chi connectivity index (χ0) is 24.8. The van der Waals surface area contributed by atoms with Crippen LogP contribution in [0, 0.1) is 41.2 Å². The van der Waals surface area contributed by atoms with Crippen LogP contribution in [0.25, 0.3) is 0 Å². The number of benzene rings is 1. The maximum absolute atomic E-state index is 14.6. The molecule has 0 aromatic heterocycles. The minimum Gasteiger partial charge on any atom is -0.432 e. The van der Waals surface area contributed by atoms with Gasteiger partial charge in [0.05, 0.1) is 12.0 Å². The molecule has 6 heteroatoms. The molecule has 0 aliphatic heterocycles. The SMILES string of the molecule is CCOC1CCC(C2CCC(/C=C/C3CCC(C(F)(F)Oc4ccc(F)c(F)c4)CC3)CC2)CC1. The second-order valence-corrected chi connectivity index (χ2v) is 10.9. The Morgan fingerprint density at radius 2 is 1.31 bits per heavy atom. The fraction of sp³-hybridized carbons (Fsp3) is 0.724. The second-order valence-electron chi connectivity index (χ2n) is 10.9. The molecule has 1 aromatic carbocycles. The molecule has 0 unspecified atom stereocenters. The minimum absolute atomic E-state index is 0.330. The van der Waals surface area contributed by atoms with Crippen molar-refractivity contribution in [2.45, 2.75) is 96.2 Å². The largest absolute Gasteiger partial charge is 0.432 e. The van der Waals surface area contributed by atoms with Gasteiger partial charge in [0, 0.05) is 12.7 Å². The summed E-state index contributed by atoms with van der Waals surface area (Å²) in [5.41, 5.74) is 0. The van der Waals surface area contributed by atoms with E-state index >= 15 is 0 Å². The lowest BCUT2D eigenvalue weighted by Gasteiger charge is -2.37. The van der Waals surface area contributed by atoms with Gasteiger partial charge in [-0.2, -0.15) is 8.78 Å². The van der Waals surface area contributed by atoms with Gasteiger partial charge in [-0.3, -0.25) is 0 Å². The number of halogens is 4. The summed E-state index contributed by atoms with van der Waals surface area (Å²) in [6.45, 7) is 2.90. The van der Waals surface area contributed by atoms with E-state index in [-0.39, 0.29) is 5.75 Å². The third-order valence-electron chi connectivity index (χ3n) is 8.65. The smallest absolute Gasteiger partial charge is 0.400 e. The molecule has 3 fully saturated rings. The monoisotopic (exact) mass is 496 g/mol. The molecule has 3 aliphatic rings. The topological polar surface area (TPSA) is 18.5 Å². The van der Waals surface area contributed by atoms with E-state index in [1.165, 1.54) is 51.4 Å². The Labute approximate surface area is 207 Å². The lowest BCUT2D eigenvalue weighted by molar-refractivity contribution is -0.223. The lowest BCUT2D eigenvalue weighted by atomic mass is 9.70. The molecule has 1 aromatic rings. The van der Waals surface area contributed by atoms with E-state index in [0.29, 0.717) is 49.7 Å². The zero-order valence-electron chi connectivity index (χ0n) is 20.9. The van der Waals surface area contributed by atoms with Gasteiger partial charge >= 0.3 is 6.11 Å². The number of ether oxygens (including phenoxy) is 2. The number of hydrogen-bond acceptors (Lipinski definition) is 2. The van der Waals surface area contributed by atoms with Crippen molar-refractivity contribution < 1.29 is 27.0 Å². The van der Waals surface area contributed by atoms with Gasteiger partial charge in [-0.1, -0.05) is 12.2 Å². The fourth-order valence-electron chi connectivity index (χ4n) is 6.51. The molecule has 0 saturated heterocycles. The highest BCUT2D eigenvalue weighted by Gasteiger charge is 2.44. The zero-order valence-corrected chi connectivity index (χ0v) is 20.9. The summed E-state index contributed by atoms with van der Waals surface area (Å²) in [5.74, 6) is -0.848. The van der Waals surface area contributed by atoms with Crippen LogP contribution in [0.2, 0.25) is 0 Å². The maximum Gasteiger partial charge on any atom is 0.400 e. The van der Waals surface area contributed by atoms with Crippen LogP contribution in [-0.2, 0) is 4.74 Å². The maximum atomic E-state index is 14.6. The van der Waals surface area contributed by atoms with E-state index in [2.05, 4.69) is 19.1 Å². The molecule has 196 valence electrons. The average molecular weight is 497 g/mol. The summed E-state index contributed by atoms with van der Waals surface area (Å²) in [6, 6.07) is 2.53. The molecule has 4 rings (SSSR count). The Morgan fingerprint density at radius 3 is 1.86 bits per heavy atom. The molecule has 2 nitrogen and oxygen atoms in total. The lowest BCUT2D eigenvalue weighted by Crippen LogP contribution is -2.37. The summed E-state index contributed by atoms with van der Waals surface area (Å²) in [4.78, 5) is 0. The van der Waals surface area contributed by atoms with Crippen molar-refractivity contribution in [3.63, 3.8) is 0 Å². The Morgan fingerprint density at radius 1 is 0.771 bits per heavy atom. The van der Waals surface area contributed by atoms with Gasteiger partial charge in [0.1, 0.15) is 5.75 Å². The molecule has 0 heterocycles. The number of allylic oxidation sites excluding steroid dienone is 2. The third-order valence-corrected chi connectivity index (χ3v) is 8.65. The second kappa shape index (κ2) is 12.1. The minimum atomic E-state index is -3.39. The predicted molar refractivity (Wildman–Crippen MR) is 129 cm³/mol. The van der Waals surface area contributed by atoms with Gasteiger partial charge in [0.25, 0.3) is 0 Å². The first kappa shape index (κ1) is 26.5. The van der Waals surface area contributed by atoms with Crippen LogP contribution in [0.4, 0.5) is 17.6 Å². The molecular formula is C29H40F4O2. The molecule has 0 atom stereocenters. The predicted octanol–water partition coefficient (Wildman–Crippen LogP) is 8.70. The molecule has 0 bridgehead atoms. The van der Waals surface area contributed by atoms with Crippen LogP contribution in [0.5, 0.6) is 5.75 Å². The Balaban J connectivity index is 1.17. The number of rotatable bonds is 8. The van der Waals surface area contributed by atoms with Crippen molar-refractivity contribution in [3.8, 4) is 5.75 Å². The summed E-state index contributed by atoms with van der Waals surface area (Å²) in [5, 5.41) is 0. The average Bonchev–Trinajstić information content (AvgIpc) is 2.86. The Bertz CT molecular complexity index is 818. The first-order valence-corrected chi connectivity index (χ1v) is 13.7. The highest BCUT2D eigenvalue weighted by Crippen LogP contribution is 2.43. The Kier molecular flexibility index (Phi) is 9.18. The number of hydrogen-bond donors (Lipinski definition) is 0. The first-order chi connectivity index (χ1) is 16.8.